The highest BCUT2D eigenvalue weighted by atomic mass is 32.1. The van der Waals surface area contributed by atoms with E-state index in [1.807, 2.05) is 6.07 Å². The molecule has 0 nitrogen and oxygen atoms in total. The Balaban J connectivity index is 2.05. The summed E-state index contributed by atoms with van der Waals surface area (Å²) in [6.45, 7) is 0. The summed E-state index contributed by atoms with van der Waals surface area (Å²) < 4.78 is 14.5. The first-order valence-electron chi connectivity index (χ1n) is 6.01. The molecule has 1 heterocycles. The van der Waals surface area contributed by atoms with E-state index in [9.17, 15) is 4.39 Å². The zero-order valence-corrected chi connectivity index (χ0v) is 10.0. The maximum Gasteiger partial charge on any atom is 0.123 e. The van der Waals surface area contributed by atoms with Gasteiger partial charge in [-0.05, 0) is 53.3 Å². The third kappa shape index (κ3) is 1.75. The van der Waals surface area contributed by atoms with Gasteiger partial charge in [-0.3, -0.25) is 0 Å². The van der Waals surface area contributed by atoms with Crippen LogP contribution >= 0.6 is 11.3 Å². The van der Waals surface area contributed by atoms with E-state index in [4.69, 9.17) is 0 Å². The van der Waals surface area contributed by atoms with E-state index in [2.05, 4.69) is 5.38 Å². The van der Waals surface area contributed by atoms with Gasteiger partial charge in [0.2, 0.25) is 0 Å². The van der Waals surface area contributed by atoms with Crippen molar-refractivity contribution in [1.82, 2.24) is 0 Å². The molecule has 3 rings (SSSR count). The summed E-state index contributed by atoms with van der Waals surface area (Å²) in [4.78, 5) is 0. The van der Waals surface area contributed by atoms with Crippen molar-refractivity contribution >= 4 is 21.4 Å². The largest absolute Gasteiger partial charge is 0.207 e. The molecule has 0 unspecified atom stereocenters. The van der Waals surface area contributed by atoms with Crippen LogP contribution in [0.3, 0.4) is 0 Å². The van der Waals surface area contributed by atoms with E-state index in [1.54, 1.807) is 23.5 Å². The Morgan fingerprint density at radius 1 is 1.12 bits per heavy atom. The normalized spacial score (nSPS) is 18.1. The third-order valence-corrected chi connectivity index (χ3v) is 4.59. The summed E-state index contributed by atoms with van der Waals surface area (Å²) in [5.41, 5.74) is 1.39. The molecule has 0 N–H and O–H groups in total. The van der Waals surface area contributed by atoms with Crippen LogP contribution in [0.5, 0.6) is 0 Å². The van der Waals surface area contributed by atoms with Crippen molar-refractivity contribution in [3.63, 3.8) is 0 Å². The second-order valence-corrected chi connectivity index (χ2v) is 5.58. The molecule has 2 aromatic rings. The van der Waals surface area contributed by atoms with Crippen LogP contribution < -0.4 is 0 Å². The van der Waals surface area contributed by atoms with Crippen molar-refractivity contribution in [1.29, 1.82) is 0 Å². The number of hydrogen-bond acceptors (Lipinski definition) is 1. The fraction of sp³-hybridized carbons (Fsp3) is 0.429. The predicted molar refractivity (Wildman–Crippen MR) is 67.6 cm³/mol. The molecule has 0 atom stereocenters. The van der Waals surface area contributed by atoms with Crippen molar-refractivity contribution in [2.24, 2.45) is 0 Å². The molecular formula is C14H15FS. The Kier molecular flexibility index (Phi) is 2.68. The van der Waals surface area contributed by atoms with Gasteiger partial charge in [-0.2, -0.15) is 0 Å². The Morgan fingerprint density at radius 2 is 1.94 bits per heavy atom. The van der Waals surface area contributed by atoms with Crippen molar-refractivity contribution in [3.8, 4) is 0 Å². The van der Waals surface area contributed by atoms with Crippen LogP contribution in [-0.4, -0.2) is 0 Å². The molecule has 1 aliphatic carbocycles. The average Bonchev–Trinajstić information content (AvgIpc) is 2.73. The quantitative estimate of drug-likeness (QED) is 0.645. The van der Waals surface area contributed by atoms with Crippen LogP contribution in [-0.2, 0) is 0 Å². The smallest absolute Gasteiger partial charge is 0.123 e. The molecule has 1 fully saturated rings. The first-order valence-corrected chi connectivity index (χ1v) is 6.89. The molecule has 0 saturated heterocycles. The van der Waals surface area contributed by atoms with E-state index >= 15 is 0 Å². The second kappa shape index (κ2) is 4.17. The number of halogens is 1. The highest BCUT2D eigenvalue weighted by Crippen LogP contribution is 2.39. The van der Waals surface area contributed by atoms with Gasteiger partial charge in [0.25, 0.3) is 0 Å². The molecule has 0 spiro atoms. The zero-order valence-electron chi connectivity index (χ0n) is 9.21. The number of rotatable bonds is 1. The molecule has 16 heavy (non-hydrogen) atoms. The predicted octanol–water partition coefficient (Wildman–Crippen LogP) is 5.09. The Bertz CT molecular complexity index is 494. The van der Waals surface area contributed by atoms with Crippen molar-refractivity contribution < 1.29 is 4.39 Å². The molecule has 1 saturated carbocycles. The number of benzene rings is 1. The summed E-state index contributed by atoms with van der Waals surface area (Å²) in [5, 5.41) is 3.39. The minimum atomic E-state index is -0.108. The molecule has 1 aliphatic rings. The molecule has 84 valence electrons. The fourth-order valence-corrected chi connectivity index (χ4v) is 3.77. The number of hydrogen-bond donors (Lipinski definition) is 0. The summed E-state index contributed by atoms with van der Waals surface area (Å²) >= 11 is 1.75. The van der Waals surface area contributed by atoms with E-state index in [0.717, 1.165) is 5.39 Å². The van der Waals surface area contributed by atoms with Gasteiger partial charge in [0.1, 0.15) is 5.82 Å². The van der Waals surface area contributed by atoms with Gasteiger partial charge in [0.15, 0.2) is 0 Å². The molecule has 0 amide bonds. The number of fused-ring (bicyclic) bond motifs is 1. The molecule has 0 radical (unpaired) electrons. The molecule has 1 aromatic heterocycles. The average molecular weight is 234 g/mol. The van der Waals surface area contributed by atoms with Crippen LogP contribution in [0.4, 0.5) is 4.39 Å². The van der Waals surface area contributed by atoms with Gasteiger partial charge < -0.3 is 0 Å². The summed E-state index contributed by atoms with van der Waals surface area (Å²) in [7, 11) is 0. The zero-order chi connectivity index (χ0) is 11.0. The van der Waals surface area contributed by atoms with Crippen molar-refractivity contribution in [3.05, 3.63) is 35.0 Å². The van der Waals surface area contributed by atoms with Crippen LogP contribution in [0.15, 0.2) is 23.6 Å². The lowest BCUT2D eigenvalue weighted by molar-refractivity contribution is 0.446. The van der Waals surface area contributed by atoms with Crippen LogP contribution in [0.25, 0.3) is 10.1 Å². The molecule has 0 aliphatic heterocycles. The Labute approximate surface area is 99.1 Å². The lowest BCUT2D eigenvalue weighted by atomic mass is 9.84. The lowest BCUT2D eigenvalue weighted by Gasteiger charge is -2.21. The van der Waals surface area contributed by atoms with Gasteiger partial charge >= 0.3 is 0 Å². The Morgan fingerprint density at radius 3 is 2.75 bits per heavy atom. The Hall–Kier alpha value is -0.890. The molecule has 2 heteroatoms. The minimum absolute atomic E-state index is 0.108. The topological polar surface area (TPSA) is 0 Å². The van der Waals surface area contributed by atoms with E-state index in [0.29, 0.717) is 5.92 Å². The standard InChI is InChI=1S/C14H15FS/c15-11-6-7-14-12(8-11)13(9-16-14)10-4-2-1-3-5-10/h6-10H,1-5H2. The van der Waals surface area contributed by atoms with Crippen LogP contribution in [0.2, 0.25) is 0 Å². The van der Waals surface area contributed by atoms with E-state index in [-0.39, 0.29) is 5.82 Å². The maximum atomic E-state index is 13.3. The van der Waals surface area contributed by atoms with E-state index in [1.165, 1.54) is 42.4 Å². The van der Waals surface area contributed by atoms with Crippen LogP contribution in [0, 0.1) is 5.82 Å². The van der Waals surface area contributed by atoms with Crippen molar-refractivity contribution in [2.75, 3.05) is 0 Å². The monoisotopic (exact) mass is 234 g/mol. The van der Waals surface area contributed by atoms with Gasteiger partial charge in [-0.25, -0.2) is 4.39 Å². The highest BCUT2D eigenvalue weighted by molar-refractivity contribution is 7.17. The summed E-state index contributed by atoms with van der Waals surface area (Å²) in [5.74, 6) is 0.562. The molecular weight excluding hydrogens is 219 g/mol. The third-order valence-electron chi connectivity index (χ3n) is 3.61. The molecule has 0 bridgehead atoms. The lowest BCUT2D eigenvalue weighted by Crippen LogP contribution is -2.03. The number of thiophene rings is 1. The van der Waals surface area contributed by atoms with Gasteiger partial charge in [0, 0.05) is 4.70 Å². The van der Waals surface area contributed by atoms with Crippen molar-refractivity contribution in [2.45, 2.75) is 38.0 Å². The molecule has 1 aromatic carbocycles. The second-order valence-electron chi connectivity index (χ2n) is 4.67. The maximum absolute atomic E-state index is 13.3. The van der Waals surface area contributed by atoms with E-state index < -0.39 is 0 Å². The minimum Gasteiger partial charge on any atom is -0.207 e. The van der Waals surface area contributed by atoms with Crippen LogP contribution in [0.1, 0.15) is 43.6 Å². The van der Waals surface area contributed by atoms with Gasteiger partial charge in [-0.1, -0.05) is 19.3 Å². The SMILES string of the molecule is Fc1ccc2scc(C3CCCCC3)c2c1. The first-order chi connectivity index (χ1) is 7.84. The van der Waals surface area contributed by atoms with Gasteiger partial charge in [-0.15, -0.1) is 11.3 Å². The summed E-state index contributed by atoms with van der Waals surface area (Å²) in [6.07, 6.45) is 6.59. The summed E-state index contributed by atoms with van der Waals surface area (Å²) in [6, 6.07) is 5.17. The fourth-order valence-electron chi connectivity index (χ4n) is 2.75. The first kappa shape index (κ1) is 10.3. The highest BCUT2D eigenvalue weighted by Gasteiger charge is 2.18. The van der Waals surface area contributed by atoms with Gasteiger partial charge in [0.05, 0.1) is 0 Å².